The molecule has 0 bridgehead atoms. The zero-order valence-corrected chi connectivity index (χ0v) is 12.9. The van der Waals surface area contributed by atoms with Crippen molar-refractivity contribution in [2.75, 3.05) is 13.7 Å². The second-order valence-electron chi connectivity index (χ2n) is 6.77. The molecule has 2 saturated carbocycles. The van der Waals surface area contributed by atoms with Crippen LogP contribution in [0.15, 0.2) is 0 Å². The Morgan fingerprint density at radius 1 is 1.00 bits per heavy atom. The van der Waals surface area contributed by atoms with Gasteiger partial charge in [0.2, 0.25) is 0 Å². The third kappa shape index (κ3) is 4.22. The molecule has 4 nitrogen and oxygen atoms in total. The Morgan fingerprint density at radius 2 is 1.37 bits per heavy atom. The summed E-state index contributed by atoms with van der Waals surface area (Å²) in [5, 5.41) is 0. The van der Waals surface area contributed by atoms with E-state index in [1.807, 2.05) is 6.92 Å². The van der Waals surface area contributed by atoms with E-state index < -0.39 is 0 Å². The summed E-state index contributed by atoms with van der Waals surface area (Å²) in [5.74, 6) is 0.266. The maximum Gasteiger partial charge on any atom is 0.309 e. The van der Waals surface area contributed by atoms with Crippen LogP contribution < -0.4 is 0 Å². The van der Waals surface area contributed by atoms with Crippen LogP contribution in [-0.4, -0.2) is 25.7 Å². The Balaban J connectivity index is 0.000000191. The molecule has 0 aromatic carbocycles. The van der Waals surface area contributed by atoms with Gasteiger partial charge in [-0.2, -0.15) is 0 Å². The van der Waals surface area contributed by atoms with Crippen molar-refractivity contribution >= 4 is 11.9 Å². The molecule has 2 fully saturated rings. The Hall–Kier alpha value is -1.06. The van der Waals surface area contributed by atoms with Crippen molar-refractivity contribution in [3.63, 3.8) is 0 Å². The molecule has 0 radical (unpaired) electrons. The molecule has 2 unspecified atom stereocenters. The first kappa shape index (κ1) is 16.0. The number of carbonyl (C=O) groups excluding carboxylic acids is 2. The summed E-state index contributed by atoms with van der Waals surface area (Å²) in [6.07, 6.45) is 1.98. The fourth-order valence-corrected chi connectivity index (χ4v) is 2.12. The molecule has 0 spiro atoms. The van der Waals surface area contributed by atoms with Crippen molar-refractivity contribution in [2.45, 2.75) is 47.5 Å². The van der Waals surface area contributed by atoms with Crippen LogP contribution in [0.25, 0.3) is 0 Å². The molecule has 4 heteroatoms. The van der Waals surface area contributed by atoms with Crippen LogP contribution in [0.3, 0.4) is 0 Å². The van der Waals surface area contributed by atoms with E-state index in [1.54, 1.807) is 0 Å². The molecule has 2 aliphatic carbocycles. The minimum Gasteiger partial charge on any atom is -0.469 e. The van der Waals surface area contributed by atoms with Crippen molar-refractivity contribution in [2.24, 2.45) is 22.7 Å². The van der Waals surface area contributed by atoms with Gasteiger partial charge in [0, 0.05) is 0 Å². The summed E-state index contributed by atoms with van der Waals surface area (Å²) in [4.78, 5) is 21.8. The van der Waals surface area contributed by atoms with Crippen LogP contribution in [0.4, 0.5) is 0 Å². The molecule has 0 aromatic heterocycles. The monoisotopic (exact) mass is 270 g/mol. The standard InChI is InChI=1S/C8H14O2.C7H12O2/c1-4-10-7(9)6-5-8(6,2)3;1-7(2)4-5(7)6(8)9-3/h6H,4-5H2,1-3H3;5H,4H2,1-3H3. The SMILES string of the molecule is CCOC(=O)C1CC1(C)C.COC(=O)C1CC1(C)C. The maximum absolute atomic E-state index is 11.0. The van der Waals surface area contributed by atoms with E-state index in [1.165, 1.54) is 7.11 Å². The van der Waals surface area contributed by atoms with Crippen molar-refractivity contribution in [3.8, 4) is 0 Å². The van der Waals surface area contributed by atoms with Crippen molar-refractivity contribution < 1.29 is 19.1 Å². The lowest BCUT2D eigenvalue weighted by Crippen LogP contribution is -2.09. The normalized spacial score (nSPS) is 28.5. The predicted octanol–water partition coefficient (Wildman–Crippen LogP) is 2.80. The van der Waals surface area contributed by atoms with E-state index in [4.69, 9.17) is 4.74 Å². The van der Waals surface area contributed by atoms with Crippen LogP contribution in [0.1, 0.15) is 47.5 Å². The molecule has 0 aromatic rings. The van der Waals surface area contributed by atoms with E-state index in [-0.39, 0.29) is 34.6 Å². The fraction of sp³-hybridized carbons (Fsp3) is 0.867. The van der Waals surface area contributed by atoms with Gasteiger partial charge in [-0.25, -0.2) is 0 Å². The van der Waals surface area contributed by atoms with Gasteiger partial charge in [-0.3, -0.25) is 9.59 Å². The number of hydrogen-bond donors (Lipinski definition) is 0. The first-order valence-corrected chi connectivity index (χ1v) is 6.90. The Bertz CT molecular complexity index is 357. The first-order valence-electron chi connectivity index (χ1n) is 6.90. The number of carbonyl (C=O) groups is 2. The van der Waals surface area contributed by atoms with E-state index in [9.17, 15) is 9.59 Å². The second kappa shape index (κ2) is 5.51. The van der Waals surface area contributed by atoms with Crippen LogP contribution >= 0.6 is 0 Å². The van der Waals surface area contributed by atoms with Crippen molar-refractivity contribution in [1.29, 1.82) is 0 Å². The van der Waals surface area contributed by atoms with Gasteiger partial charge in [-0.1, -0.05) is 27.7 Å². The lowest BCUT2D eigenvalue weighted by atomic mass is 10.1. The van der Waals surface area contributed by atoms with Crippen molar-refractivity contribution in [1.82, 2.24) is 0 Å². The van der Waals surface area contributed by atoms with Gasteiger partial charge in [0.05, 0.1) is 25.6 Å². The highest BCUT2D eigenvalue weighted by atomic mass is 16.5. The Morgan fingerprint density at radius 3 is 1.58 bits per heavy atom. The highest BCUT2D eigenvalue weighted by molar-refractivity contribution is 5.76. The number of hydrogen-bond acceptors (Lipinski definition) is 4. The van der Waals surface area contributed by atoms with Gasteiger partial charge in [0.1, 0.15) is 0 Å². The molecule has 0 aliphatic heterocycles. The third-order valence-corrected chi connectivity index (χ3v) is 4.08. The summed E-state index contributed by atoms with van der Waals surface area (Å²) in [5.41, 5.74) is 0.430. The van der Waals surface area contributed by atoms with E-state index in [0.29, 0.717) is 6.61 Å². The van der Waals surface area contributed by atoms with Crippen LogP contribution in [0, 0.1) is 22.7 Å². The zero-order valence-electron chi connectivity index (χ0n) is 12.9. The fourth-order valence-electron chi connectivity index (χ4n) is 2.12. The number of rotatable bonds is 3. The summed E-state index contributed by atoms with van der Waals surface area (Å²) in [6.45, 7) is 10.7. The second-order valence-corrected chi connectivity index (χ2v) is 6.77. The van der Waals surface area contributed by atoms with Gasteiger partial charge >= 0.3 is 11.9 Å². The van der Waals surface area contributed by atoms with E-state index >= 15 is 0 Å². The van der Waals surface area contributed by atoms with Crippen LogP contribution in [0.5, 0.6) is 0 Å². The topological polar surface area (TPSA) is 52.6 Å². The molecular weight excluding hydrogens is 244 g/mol. The number of ether oxygens (including phenoxy) is 2. The smallest absolute Gasteiger partial charge is 0.309 e. The van der Waals surface area contributed by atoms with Crippen LogP contribution in [-0.2, 0) is 19.1 Å². The van der Waals surface area contributed by atoms with Crippen molar-refractivity contribution in [3.05, 3.63) is 0 Å². The van der Waals surface area contributed by atoms with E-state index in [0.717, 1.165) is 12.8 Å². The lowest BCUT2D eigenvalue weighted by Gasteiger charge is -2.01. The Kier molecular flexibility index (Phi) is 4.64. The molecule has 0 heterocycles. The maximum atomic E-state index is 11.0. The minimum atomic E-state index is -0.0556. The highest BCUT2D eigenvalue weighted by Crippen LogP contribution is 2.52. The molecule has 2 aliphatic rings. The summed E-state index contributed by atoms with van der Waals surface area (Å²) < 4.78 is 9.43. The molecular formula is C15H26O4. The Labute approximate surface area is 115 Å². The van der Waals surface area contributed by atoms with Gasteiger partial charge < -0.3 is 9.47 Å². The third-order valence-electron chi connectivity index (χ3n) is 4.08. The van der Waals surface area contributed by atoms with Gasteiger partial charge in [0.15, 0.2) is 0 Å². The quantitative estimate of drug-likeness (QED) is 0.740. The average Bonchev–Trinajstić information content (AvgIpc) is 3.15. The van der Waals surface area contributed by atoms with Gasteiger partial charge in [-0.05, 0) is 30.6 Å². The summed E-state index contributed by atoms with van der Waals surface area (Å²) in [6, 6.07) is 0. The largest absolute Gasteiger partial charge is 0.469 e. The summed E-state index contributed by atoms with van der Waals surface area (Å²) >= 11 is 0. The predicted molar refractivity (Wildman–Crippen MR) is 72.4 cm³/mol. The molecule has 0 saturated heterocycles. The molecule has 2 rings (SSSR count). The summed E-state index contributed by atoms with van der Waals surface area (Å²) in [7, 11) is 1.44. The average molecular weight is 270 g/mol. The minimum absolute atomic E-state index is 0.0208. The van der Waals surface area contributed by atoms with Crippen LogP contribution in [0.2, 0.25) is 0 Å². The molecule has 110 valence electrons. The lowest BCUT2D eigenvalue weighted by molar-refractivity contribution is -0.145. The molecule has 19 heavy (non-hydrogen) atoms. The first-order chi connectivity index (χ1) is 8.65. The van der Waals surface area contributed by atoms with E-state index in [2.05, 4.69) is 32.4 Å². The molecule has 0 amide bonds. The molecule has 2 atom stereocenters. The molecule has 0 N–H and O–H groups in total. The zero-order chi connectivity index (χ0) is 14.8. The number of methoxy groups -OCH3 is 1. The van der Waals surface area contributed by atoms with Gasteiger partial charge in [-0.15, -0.1) is 0 Å². The number of esters is 2. The van der Waals surface area contributed by atoms with Gasteiger partial charge in [0.25, 0.3) is 0 Å². The highest BCUT2D eigenvalue weighted by Gasteiger charge is 2.52.